The fourth-order valence-electron chi connectivity index (χ4n) is 4.76. The van der Waals surface area contributed by atoms with Gasteiger partial charge in [-0.25, -0.2) is 0 Å². The van der Waals surface area contributed by atoms with Crippen LogP contribution in [0.15, 0.2) is 53.3 Å². The second kappa shape index (κ2) is 14.9. The van der Waals surface area contributed by atoms with Gasteiger partial charge in [0.2, 0.25) is 5.91 Å². The summed E-state index contributed by atoms with van der Waals surface area (Å²) in [7, 11) is 3.40. The summed E-state index contributed by atoms with van der Waals surface area (Å²) in [5, 5.41) is 15.2. The van der Waals surface area contributed by atoms with E-state index in [-0.39, 0.29) is 34.8 Å². The van der Waals surface area contributed by atoms with Gasteiger partial charge in [0, 0.05) is 63.0 Å². The van der Waals surface area contributed by atoms with Gasteiger partial charge in [-0.2, -0.15) is 5.26 Å². The Bertz CT molecular complexity index is 1760. The van der Waals surface area contributed by atoms with Crippen molar-refractivity contribution in [2.75, 3.05) is 68.5 Å². The Morgan fingerprint density at radius 1 is 1.16 bits per heavy atom. The third-order valence-electron chi connectivity index (χ3n) is 7.27. The maximum Gasteiger partial charge on any atom is 0.270 e. The highest BCUT2D eigenvalue weighted by Gasteiger charge is 2.21. The smallest absolute Gasteiger partial charge is 0.270 e. The molecule has 1 aromatic heterocycles. The molecule has 2 aromatic carbocycles. The van der Waals surface area contributed by atoms with Crippen LogP contribution in [0.2, 0.25) is 0 Å². The summed E-state index contributed by atoms with van der Waals surface area (Å²) >= 11 is 1.04. The number of carbonyl (C=O) groups excluding carboxylic acids is 2. The van der Waals surface area contributed by atoms with Crippen molar-refractivity contribution in [1.82, 2.24) is 14.8 Å². The third kappa shape index (κ3) is 7.48. The molecule has 44 heavy (non-hydrogen) atoms. The van der Waals surface area contributed by atoms with E-state index in [1.54, 1.807) is 32.2 Å². The van der Waals surface area contributed by atoms with Crippen molar-refractivity contribution in [3.05, 3.63) is 68.1 Å². The zero-order valence-corrected chi connectivity index (χ0v) is 25.8. The van der Waals surface area contributed by atoms with Crippen LogP contribution in [0, 0.1) is 23.7 Å². The second-order valence-corrected chi connectivity index (χ2v) is 11.0. The number of ether oxygens (including phenoxy) is 1. The van der Waals surface area contributed by atoms with Crippen LogP contribution in [0.4, 0.5) is 17.1 Å². The highest BCUT2D eigenvalue weighted by Crippen LogP contribution is 2.21. The number of amides is 2. The minimum Gasteiger partial charge on any atom is -0.497 e. The predicted molar refractivity (Wildman–Crippen MR) is 174 cm³/mol. The Hall–Kier alpha value is -5.04. The van der Waals surface area contributed by atoms with Gasteiger partial charge in [-0.15, -0.1) is 17.8 Å². The first kappa shape index (κ1) is 31.9. The third-order valence-corrected chi connectivity index (χ3v) is 8.40. The van der Waals surface area contributed by atoms with Gasteiger partial charge in [0.15, 0.2) is 5.57 Å². The van der Waals surface area contributed by atoms with E-state index in [0.29, 0.717) is 22.5 Å². The lowest BCUT2D eigenvalue weighted by atomic mass is 10.2. The minimum absolute atomic E-state index is 0.0270. The van der Waals surface area contributed by atoms with Gasteiger partial charge in [-0.1, -0.05) is 12.0 Å². The molecule has 228 valence electrons. The number of nitrogens with one attached hydrogen (secondary N) is 2. The number of terminal acetylenes is 1. The number of carbonyl (C=O) groups is 2. The first-order valence-corrected chi connectivity index (χ1v) is 14.9. The zero-order chi connectivity index (χ0) is 31.6. The number of likely N-dealkylation sites (N-methyl/N-ethyl adjacent to an activating group) is 1. The standard InChI is InChI=1S/C32H35N7O4S/c1-5-14-34-30(41)27(20-33)32-39(6-2)31(42)28(44-32)21-35-23-8-7-9-25(19-23)36(3)29(40)22-37-15-17-38(18-16-37)24-10-12-26(43-4)13-11-24/h1,7-13,19,21,35H,6,14-18,22H2,2-4H3,(H,34,41). The van der Waals surface area contributed by atoms with Crippen molar-refractivity contribution >= 4 is 52.0 Å². The van der Waals surface area contributed by atoms with Crippen LogP contribution in [0.25, 0.3) is 11.8 Å². The average Bonchev–Trinajstić information content (AvgIpc) is 3.37. The van der Waals surface area contributed by atoms with Crippen molar-refractivity contribution in [2.45, 2.75) is 13.5 Å². The fourth-order valence-corrected chi connectivity index (χ4v) is 5.85. The summed E-state index contributed by atoms with van der Waals surface area (Å²) in [4.78, 5) is 44.7. The molecule has 0 saturated carbocycles. The van der Waals surface area contributed by atoms with Gasteiger partial charge < -0.3 is 25.2 Å². The molecule has 1 fully saturated rings. The first-order valence-electron chi connectivity index (χ1n) is 14.1. The summed E-state index contributed by atoms with van der Waals surface area (Å²) in [5.41, 5.74) is 2.01. The normalized spacial score (nSPS) is 14.3. The fraction of sp³-hybridized carbons (Fsp3) is 0.312. The topological polar surface area (TPSA) is 123 Å². The lowest BCUT2D eigenvalue weighted by Crippen LogP contribution is -2.49. The van der Waals surface area contributed by atoms with Crippen molar-refractivity contribution in [3.8, 4) is 24.2 Å². The van der Waals surface area contributed by atoms with E-state index in [0.717, 1.165) is 49.0 Å². The van der Waals surface area contributed by atoms with Crippen LogP contribution in [0.5, 0.6) is 5.75 Å². The maximum absolute atomic E-state index is 13.2. The molecule has 11 nitrogen and oxygen atoms in total. The molecule has 0 unspecified atom stereocenters. The number of rotatable bonds is 10. The van der Waals surface area contributed by atoms with Crippen LogP contribution in [-0.2, 0) is 16.1 Å². The van der Waals surface area contributed by atoms with Gasteiger partial charge in [0.05, 0.1) is 20.2 Å². The monoisotopic (exact) mass is 613 g/mol. The van der Waals surface area contributed by atoms with E-state index in [2.05, 4.69) is 26.4 Å². The molecule has 1 saturated heterocycles. The molecule has 2 amide bonds. The molecule has 0 bridgehead atoms. The van der Waals surface area contributed by atoms with E-state index >= 15 is 0 Å². The molecule has 2 N–H and O–H groups in total. The number of thiazole rings is 1. The Morgan fingerprint density at radius 3 is 2.52 bits per heavy atom. The van der Waals surface area contributed by atoms with E-state index in [1.165, 1.54) is 4.57 Å². The summed E-state index contributed by atoms with van der Waals surface area (Å²) in [6, 6.07) is 17.2. The number of anilines is 3. The number of hydrogen-bond acceptors (Lipinski definition) is 9. The zero-order valence-electron chi connectivity index (χ0n) is 25.0. The maximum atomic E-state index is 13.2. The molecule has 0 radical (unpaired) electrons. The van der Waals surface area contributed by atoms with E-state index < -0.39 is 5.91 Å². The number of nitrogens with zero attached hydrogens (tertiary/aromatic N) is 5. The Morgan fingerprint density at radius 2 is 1.89 bits per heavy atom. The largest absolute Gasteiger partial charge is 0.497 e. The lowest BCUT2D eigenvalue weighted by Gasteiger charge is -2.36. The lowest BCUT2D eigenvalue weighted by molar-refractivity contribution is -0.119. The van der Waals surface area contributed by atoms with Crippen LogP contribution in [0.1, 0.15) is 6.92 Å². The van der Waals surface area contributed by atoms with Gasteiger partial charge in [-0.3, -0.25) is 23.9 Å². The molecule has 12 heteroatoms. The molecule has 3 aromatic rings. The molecule has 1 aliphatic heterocycles. The number of hydrogen-bond donors (Lipinski definition) is 2. The van der Waals surface area contributed by atoms with E-state index in [4.69, 9.17) is 11.2 Å². The van der Waals surface area contributed by atoms with Gasteiger partial charge in [0.1, 0.15) is 21.0 Å². The minimum atomic E-state index is -0.632. The summed E-state index contributed by atoms with van der Waals surface area (Å²) in [6.07, 6.45) is 6.74. The summed E-state index contributed by atoms with van der Waals surface area (Å²) < 4.78 is 7.20. The number of aromatic nitrogens is 1. The van der Waals surface area contributed by atoms with Crippen molar-refractivity contribution < 1.29 is 14.3 Å². The highest BCUT2D eigenvalue weighted by molar-refractivity contribution is 7.07. The number of nitriles is 1. The summed E-state index contributed by atoms with van der Waals surface area (Å²) in [5.74, 6) is 2.46. The molecular formula is C32H35N7O4S. The van der Waals surface area contributed by atoms with Crippen molar-refractivity contribution in [2.24, 2.45) is 0 Å². The van der Waals surface area contributed by atoms with Crippen LogP contribution < -0.4 is 39.9 Å². The summed E-state index contributed by atoms with van der Waals surface area (Å²) in [6.45, 7) is 5.52. The first-order chi connectivity index (χ1) is 21.3. The van der Waals surface area contributed by atoms with E-state index in [9.17, 15) is 19.6 Å². The van der Waals surface area contributed by atoms with Gasteiger partial charge in [-0.05, 0) is 49.4 Å². The van der Waals surface area contributed by atoms with Crippen LogP contribution >= 0.6 is 11.3 Å². The van der Waals surface area contributed by atoms with Crippen molar-refractivity contribution in [3.63, 3.8) is 0 Å². The number of piperazine rings is 1. The second-order valence-electron chi connectivity index (χ2n) is 9.95. The molecule has 0 aliphatic carbocycles. The van der Waals surface area contributed by atoms with Crippen molar-refractivity contribution in [1.29, 1.82) is 5.26 Å². The highest BCUT2D eigenvalue weighted by atomic mass is 32.1. The number of methoxy groups -OCH3 is 1. The molecule has 0 atom stereocenters. The van der Waals surface area contributed by atoms with Crippen LogP contribution in [-0.4, -0.2) is 74.7 Å². The Labute approximate surface area is 260 Å². The Balaban J connectivity index is 1.42. The SMILES string of the molecule is C#CCNC(=O)C(C#N)=c1sc(=CNc2cccc(N(C)C(=O)CN3CCN(c4ccc(OC)cc4)CC3)c2)c(=O)n1CC. The predicted octanol–water partition coefficient (Wildman–Crippen LogP) is 0.997. The quantitative estimate of drug-likeness (QED) is 0.325. The van der Waals surface area contributed by atoms with E-state index in [1.807, 2.05) is 54.6 Å². The van der Waals surface area contributed by atoms with Gasteiger partial charge >= 0.3 is 0 Å². The molecule has 0 spiro atoms. The Kier molecular flexibility index (Phi) is 10.8. The average molecular weight is 614 g/mol. The van der Waals surface area contributed by atoms with Crippen LogP contribution in [0.3, 0.4) is 0 Å². The molecular weight excluding hydrogens is 578 g/mol. The molecule has 2 heterocycles. The number of benzene rings is 2. The molecule has 4 rings (SSSR count). The van der Waals surface area contributed by atoms with Gasteiger partial charge in [0.25, 0.3) is 11.5 Å². The molecule has 1 aliphatic rings.